The number of nitrogens with one attached hydrogen (secondary N) is 1. The van der Waals surface area contributed by atoms with Crippen molar-refractivity contribution in [3.63, 3.8) is 0 Å². The lowest BCUT2D eigenvalue weighted by Crippen LogP contribution is -2.37. The van der Waals surface area contributed by atoms with Crippen LogP contribution in [0.25, 0.3) is 0 Å². The highest BCUT2D eigenvalue weighted by Gasteiger charge is 2.05. The molecule has 2 nitrogen and oxygen atoms in total. The number of hydrogen-bond donors (Lipinski definition) is 2. The van der Waals surface area contributed by atoms with E-state index in [4.69, 9.17) is 5.73 Å². The molecule has 3 heteroatoms. The Kier molecular flexibility index (Phi) is 2.87. The van der Waals surface area contributed by atoms with Crippen molar-refractivity contribution < 1.29 is 4.39 Å². The second kappa shape index (κ2) is 2.93. The molecule has 0 aromatic heterocycles. The van der Waals surface area contributed by atoms with Crippen molar-refractivity contribution in [2.45, 2.75) is 19.3 Å². The second-order valence-corrected chi connectivity index (χ2v) is 1.55. The molecule has 0 aliphatic carbocycles. The van der Waals surface area contributed by atoms with Crippen molar-refractivity contribution in [1.82, 2.24) is 5.32 Å². The molecule has 1 unspecified atom stereocenters. The minimum atomic E-state index is -1.07. The fourth-order valence-corrected chi connectivity index (χ4v) is 0.263. The number of hydrogen-bond acceptors (Lipinski definition) is 2. The first-order valence-corrected chi connectivity index (χ1v) is 2.25. The Balaban J connectivity index is 3.14. The fourth-order valence-electron chi connectivity index (χ4n) is 0.263. The van der Waals surface area contributed by atoms with Gasteiger partial charge in [0.25, 0.3) is 0 Å². The quantitative estimate of drug-likeness (QED) is 0.480. The van der Waals surface area contributed by atoms with E-state index in [1.807, 2.05) is 0 Å². The lowest BCUT2D eigenvalue weighted by atomic mass is 10.3. The van der Waals surface area contributed by atoms with E-state index in [2.05, 4.69) is 5.32 Å². The molecule has 0 saturated heterocycles. The summed E-state index contributed by atoms with van der Waals surface area (Å²) in [4.78, 5) is 0. The molecule has 0 bridgehead atoms. The number of likely N-dealkylation sites (N-methyl/N-ethyl adjacent to an activating group) is 1. The lowest BCUT2D eigenvalue weighted by molar-refractivity contribution is 0.254. The number of halogens is 1. The third-order valence-electron chi connectivity index (χ3n) is 0.737. The molecule has 0 aromatic rings. The third kappa shape index (κ3) is 2.53. The molecular formula is C4H11FN2. The maximum atomic E-state index is 12.0. The minimum Gasteiger partial charge on any atom is -0.324 e. The van der Waals surface area contributed by atoms with E-state index in [0.29, 0.717) is 0 Å². The monoisotopic (exact) mass is 106 g/mol. The molecule has 0 fully saturated rings. The Morgan fingerprint density at radius 3 is 2.14 bits per heavy atom. The van der Waals surface area contributed by atoms with Crippen LogP contribution in [0.15, 0.2) is 0 Å². The summed E-state index contributed by atoms with van der Waals surface area (Å²) in [6.45, 7) is 1.61. The van der Waals surface area contributed by atoms with Crippen molar-refractivity contribution in [2.75, 3.05) is 7.05 Å². The summed E-state index contributed by atoms with van der Waals surface area (Å²) in [7, 11) is 1.54. The first-order chi connectivity index (χ1) is 3.18. The zero-order chi connectivity index (χ0) is 5.86. The van der Waals surface area contributed by atoms with Crippen LogP contribution in [-0.4, -0.2) is 19.4 Å². The van der Waals surface area contributed by atoms with Gasteiger partial charge in [0.15, 0.2) is 6.30 Å². The molecule has 0 aromatic carbocycles. The van der Waals surface area contributed by atoms with Gasteiger partial charge in [-0.2, -0.15) is 0 Å². The summed E-state index contributed by atoms with van der Waals surface area (Å²) in [6, 6.07) is -0.412. The van der Waals surface area contributed by atoms with Gasteiger partial charge in [0.05, 0.1) is 0 Å². The Morgan fingerprint density at radius 2 is 2.14 bits per heavy atom. The van der Waals surface area contributed by atoms with Crippen LogP contribution < -0.4 is 11.1 Å². The highest BCUT2D eigenvalue weighted by Crippen LogP contribution is 1.86. The highest BCUT2D eigenvalue weighted by molar-refractivity contribution is 4.60. The Morgan fingerprint density at radius 1 is 1.71 bits per heavy atom. The molecule has 0 spiro atoms. The van der Waals surface area contributed by atoms with Gasteiger partial charge < -0.3 is 5.73 Å². The standard InChI is InChI=1S/C4H11FN2/c1-3(6)4(5)7-2/h3-4,7H,6H2,1-2H3/t3-,4?/m0/s1. The minimum absolute atomic E-state index is 0.412. The fraction of sp³-hybridized carbons (Fsp3) is 1.00. The molecule has 0 aliphatic heterocycles. The predicted molar refractivity (Wildman–Crippen MR) is 27.6 cm³/mol. The van der Waals surface area contributed by atoms with Gasteiger partial charge in [-0.15, -0.1) is 0 Å². The topological polar surface area (TPSA) is 38.0 Å². The summed E-state index contributed by atoms with van der Waals surface area (Å²) in [5, 5.41) is 2.37. The second-order valence-electron chi connectivity index (χ2n) is 1.55. The van der Waals surface area contributed by atoms with Crippen LogP contribution in [0.2, 0.25) is 0 Å². The normalized spacial score (nSPS) is 18.9. The highest BCUT2D eigenvalue weighted by atomic mass is 19.1. The Hall–Kier alpha value is -0.150. The van der Waals surface area contributed by atoms with Crippen LogP contribution in [0.1, 0.15) is 6.92 Å². The molecule has 7 heavy (non-hydrogen) atoms. The van der Waals surface area contributed by atoms with Crippen molar-refractivity contribution in [1.29, 1.82) is 0 Å². The molecule has 44 valence electrons. The van der Waals surface area contributed by atoms with E-state index < -0.39 is 12.3 Å². The van der Waals surface area contributed by atoms with Crippen LogP contribution in [0.3, 0.4) is 0 Å². The maximum Gasteiger partial charge on any atom is 0.165 e. The van der Waals surface area contributed by atoms with Crippen LogP contribution in [-0.2, 0) is 0 Å². The van der Waals surface area contributed by atoms with Gasteiger partial charge in [-0.25, -0.2) is 4.39 Å². The van der Waals surface area contributed by atoms with E-state index in [1.54, 1.807) is 6.92 Å². The molecular weight excluding hydrogens is 95.1 g/mol. The molecule has 0 amide bonds. The summed E-state index contributed by atoms with van der Waals surface area (Å²) in [5.41, 5.74) is 5.11. The van der Waals surface area contributed by atoms with Gasteiger partial charge in [0.1, 0.15) is 0 Å². The zero-order valence-corrected chi connectivity index (χ0v) is 4.61. The van der Waals surface area contributed by atoms with Crippen molar-refractivity contribution in [3.8, 4) is 0 Å². The van der Waals surface area contributed by atoms with E-state index in [9.17, 15) is 4.39 Å². The van der Waals surface area contributed by atoms with E-state index in [1.165, 1.54) is 7.05 Å². The summed E-state index contributed by atoms with van der Waals surface area (Å²) < 4.78 is 12.0. The van der Waals surface area contributed by atoms with Gasteiger partial charge in [-0.05, 0) is 14.0 Å². The molecule has 0 aliphatic rings. The average Bonchev–Trinajstić information content (AvgIpc) is 1.65. The Bertz CT molecular complexity index is 47.0. The average molecular weight is 106 g/mol. The van der Waals surface area contributed by atoms with Crippen LogP contribution in [0, 0.1) is 0 Å². The number of nitrogens with two attached hydrogens (primary N) is 1. The first-order valence-electron chi connectivity index (χ1n) is 2.25. The number of rotatable bonds is 2. The predicted octanol–water partition coefficient (Wildman–Crippen LogP) is -0.151. The molecule has 0 radical (unpaired) electrons. The van der Waals surface area contributed by atoms with Gasteiger partial charge >= 0.3 is 0 Å². The molecule has 2 atom stereocenters. The van der Waals surface area contributed by atoms with Crippen LogP contribution >= 0.6 is 0 Å². The zero-order valence-electron chi connectivity index (χ0n) is 4.61. The van der Waals surface area contributed by atoms with Gasteiger partial charge in [0.2, 0.25) is 0 Å². The molecule has 0 saturated carbocycles. The number of alkyl halides is 1. The van der Waals surface area contributed by atoms with Gasteiger partial charge in [-0.3, -0.25) is 5.32 Å². The molecule has 0 heterocycles. The van der Waals surface area contributed by atoms with Gasteiger partial charge in [0, 0.05) is 6.04 Å². The SMILES string of the molecule is CNC(F)[C@H](C)N. The van der Waals surface area contributed by atoms with Gasteiger partial charge in [-0.1, -0.05) is 0 Å². The van der Waals surface area contributed by atoms with E-state index >= 15 is 0 Å². The summed E-state index contributed by atoms with van der Waals surface area (Å²) >= 11 is 0. The molecule has 3 N–H and O–H groups in total. The third-order valence-corrected chi connectivity index (χ3v) is 0.737. The Labute approximate surface area is 42.9 Å². The largest absolute Gasteiger partial charge is 0.324 e. The smallest absolute Gasteiger partial charge is 0.165 e. The van der Waals surface area contributed by atoms with Crippen molar-refractivity contribution in [2.24, 2.45) is 5.73 Å². The summed E-state index contributed by atoms with van der Waals surface area (Å²) in [6.07, 6.45) is -1.07. The van der Waals surface area contributed by atoms with E-state index in [-0.39, 0.29) is 0 Å². The summed E-state index contributed by atoms with van der Waals surface area (Å²) in [5.74, 6) is 0. The van der Waals surface area contributed by atoms with Crippen molar-refractivity contribution >= 4 is 0 Å². The maximum absolute atomic E-state index is 12.0. The first kappa shape index (κ1) is 6.85. The van der Waals surface area contributed by atoms with Crippen LogP contribution in [0.4, 0.5) is 4.39 Å². The van der Waals surface area contributed by atoms with Crippen molar-refractivity contribution in [3.05, 3.63) is 0 Å². The van der Waals surface area contributed by atoms with Crippen LogP contribution in [0.5, 0.6) is 0 Å². The van der Waals surface area contributed by atoms with E-state index in [0.717, 1.165) is 0 Å². The molecule has 0 rings (SSSR count). The lowest BCUT2D eigenvalue weighted by Gasteiger charge is -2.08.